The Morgan fingerprint density at radius 1 is 1.33 bits per heavy atom. The first-order valence-corrected chi connectivity index (χ1v) is 7.11. The molecular formula is C12H12BrF3OS. The van der Waals surface area contributed by atoms with Crippen LogP contribution in [0.1, 0.15) is 19.3 Å². The van der Waals surface area contributed by atoms with E-state index in [1.165, 1.54) is 11.8 Å². The van der Waals surface area contributed by atoms with Crippen LogP contribution in [0.5, 0.6) is 0 Å². The Bertz CT molecular complexity index is 407. The van der Waals surface area contributed by atoms with Gasteiger partial charge >= 0.3 is 6.18 Å². The SMILES string of the molecule is O=C(CCCC(F)(F)F)CSc1cccc(Br)c1. The van der Waals surface area contributed by atoms with Gasteiger partial charge in [-0.1, -0.05) is 22.0 Å². The summed E-state index contributed by atoms with van der Waals surface area (Å²) in [6.07, 6.45) is -5.19. The van der Waals surface area contributed by atoms with Gasteiger partial charge in [0.15, 0.2) is 0 Å². The molecule has 0 radical (unpaired) electrons. The highest BCUT2D eigenvalue weighted by atomic mass is 79.9. The molecule has 1 aromatic carbocycles. The summed E-state index contributed by atoms with van der Waals surface area (Å²) >= 11 is 4.65. The summed E-state index contributed by atoms with van der Waals surface area (Å²) in [4.78, 5) is 12.3. The molecule has 18 heavy (non-hydrogen) atoms. The van der Waals surface area contributed by atoms with Gasteiger partial charge in [-0.05, 0) is 24.6 Å². The van der Waals surface area contributed by atoms with Gasteiger partial charge in [0, 0.05) is 22.2 Å². The van der Waals surface area contributed by atoms with E-state index in [0.717, 1.165) is 9.37 Å². The van der Waals surface area contributed by atoms with Crippen molar-refractivity contribution in [3.05, 3.63) is 28.7 Å². The van der Waals surface area contributed by atoms with Crippen molar-refractivity contribution >= 4 is 33.5 Å². The van der Waals surface area contributed by atoms with Gasteiger partial charge in [0.1, 0.15) is 5.78 Å². The van der Waals surface area contributed by atoms with Crippen molar-refractivity contribution < 1.29 is 18.0 Å². The van der Waals surface area contributed by atoms with Crippen LogP contribution in [0.25, 0.3) is 0 Å². The highest BCUT2D eigenvalue weighted by Gasteiger charge is 2.26. The molecule has 0 atom stereocenters. The number of rotatable bonds is 6. The molecule has 0 amide bonds. The molecule has 0 bridgehead atoms. The van der Waals surface area contributed by atoms with E-state index in [1.807, 2.05) is 24.3 Å². The van der Waals surface area contributed by atoms with Crippen LogP contribution in [0.2, 0.25) is 0 Å². The maximum atomic E-state index is 11.9. The molecule has 0 N–H and O–H groups in total. The topological polar surface area (TPSA) is 17.1 Å². The summed E-state index contributed by atoms with van der Waals surface area (Å²) in [6, 6.07) is 7.45. The average Bonchev–Trinajstić information content (AvgIpc) is 2.25. The van der Waals surface area contributed by atoms with E-state index in [0.29, 0.717) is 0 Å². The summed E-state index contributed by atoms with van der Waals surface area (Å²) in [6.45, 7) is 0. The van der Waals surface area contributed by atoms with Crippen LogP contribution < -0.4 is 0 Å². The summed E-state index contributed by atoms with van der Waals surface area (Å²) in [5.41, 5.74) is 0. The highest BCUT2D eigenvalue weighted by Crippen LogP contribution is 2.24. The lowest BCUT2D eigenvalue weighted by atomic mass is 10.2. The minimum absolute atomic E-state index is 0.0134. The predicted octanol–water partition coefficient (Wildman–Crippen LogP) is 4.84. The van der Waals surface area contributed by atoms with Crippen molar-refractivity contribution in [3.8, 4) is 0 Å². The van der Waals surface area contributed by atoms with Gasteiger partial charge in [-0.15, -0.1) is 11.8 Å². The Kier molecular flexibility index (Phi) is 6.21. The lowest BCUT2D eigenvalue weighted by molar-refractivity contribution is -0.136. The standard InChI is InChI=1S/C12H12BrF3OS/c13-9-3-1-5-11(7-9)18-8-10(17)4-2-6-12(14,15)16/h1,3,5,7H,2,4,6,8H2. The number of hydrogen-bond acceptors (Lipinski definition) is 2. The van der Waals surface area contributed by atoms with Crippen molar-refractivity contribution in [1.29, 1.82) is 0 Å². The van der Waals surface area contributed by atoms with Crippen LogP contribution in [-0.4, -0.2) is 17.7 Å². The molecule has 1 nitrogen and oxygen atoms in total. The van der Waals surface area contributed by atoms with Crippen molar-refractivity contribution in [1.82, 2.24) is 0 Å². The Hall–Kier alpha value is -0.490. The molecule has 0 unspecified atom stereocenters. The summed E-state index contributed by atoms with van der Waals surface area (Å²) < 4.78 is 36.6. The molecular weight excluding hydrogens is 329 g/mol. The number of hydrogen-bond donors (Lipinski definition) is 0. The van der Waals surface area contributed by atoms with Gasteiger partial charge in [0.2, 0.25) is 0 Å². The molecule has 0 saturated heterocycles. The molecule has 0 aliphatic rings. The number of halogens is 4. The van der Waals surface area contributed by atoms with E-state index in [4.69, 9.17) is 0 Å². The fraction of sp³-hybridized carbons (Fsp3) is 0.417. The summed E-state index contributed by atoms with van der Waals surface area (Å²) in [5, 5.41) is 0. The van der Waals surface area contributed by atoms with Crippen LogP contribution in [0.4, 0.5) is 13.2 Å². The molecule has 0 aliphatic carbocycles. The first-order chi connectivity index (χ1) is 8.37. The Morgan fingerprint density at radius 2 is 2.06 bits per heavy atom. The summed E-state index contributed by atoms with van der Waals surface area (Å²) in [7, 11) is 0. The van der Waals surface area contributed by atoms with E-state index < -0.39 is 12.6 Å². The van der Waals surface area contributed by atoms with E-state index in [9.17, 15) is 18.0 Å². The number of ketones is 1. The number of carbonyl (C=O) groups is 1. The lowest BCUT2D eigenvalue weighted by Crippen LogP contribution is -2.09. The number of thioether (sulfide) groups is 1. The molecule has 0 heterocycles. The van der Waals surface area contributed by atoms with E-state index in [-0.39, 0.29) is 24.4 Å². The van der Waals surface area contributed by atoms with Gasteiger partial charge in [-0.2, -0.15) is 13.2 Å². The number of benzene rings is 1. The fourth-order valence-corrected chi connectivity index (χ4v) is 2.69. The van der Waals surface area contributed by atoms with Crippen molar-refractivity contribution in [2.24, 2.45) is 0 Å². The zero-order valence-electron chi connectivity index (χ0n) is 9.47. The maximum absolute atomic E-state index is 11.9. The zero-order valence-corrected chi connectivity index (χ0v) is 11.9. The third-order valence-corrected chi connectivity index (χ3v) is 3.66. The first kappa shape index (κ1) is 15.6. The highest BCUT2D eigenvalue weighted by molar-refractivity contribution is 9.10. The third-order valence-electron chi connectivity index (χ3n) is 2.11. The number of Topliss-reactive ketones (excluding diaryl/α,β-unsaturated/α-hetero) is 1. The molecule has 0 aromatic heterocycles. The zero-order chi connectivity index (χ0) is 13.6. The quantitative estimate of drug-likeness (QED) is 0.689. The maximum Gasteiger partial charge on any atom is 0.389 e. The molecule has 0 spiro atoms. The molecule has 1 aromatic rings. The fourth-order valence-electron chi connectivity index (χ4n) is 1.28. The lowest BCUT2D eigenvalue weighted by Gasteiger charge is -2.05. The molecule has 6 heteroatoms. The Balaban J connectivity index is 2.25. The number of alkyl halides is 3. The second-order valence-electron chi connectivity index (χ2n) is 3.75. The largest absolute Gasteiger partial charge is 0.389 e. The average molecular weight is 341 g/mol. The second kappa shape index (κ2) is 7.19. The van der Waals surface area contributed by atoms with Crippen LogP contribution in [0, 0.1) is 0 Å². The molecule has 0 saturated carbocycles. The van der Waals surface area contributed by atoms with Crippen LogP contribution in [-0.2, 0) is 4.79 Å². The van der Waals surface area contributed by atoms with E-state index in [2.05, 4.69) is 15.9 Å². The van der Waals surface area contributed by atoms with Crippen LogP contribution in [0.3, 0.4) is 0 Å². The minimum atomic E-state index is -4.17. The first-order valence-electron chi connectivity index (χ1n) is 5.33. The van der Waals surface area contributed by atoms with Crippen LogP contribution in [0.15, 0.2) is 33.6 Å². The Labute approximate surface area is 116 Å². The second-order valence-corrected chi connectivity index (χ2v) is 5.72. The molecule has 0 fully saturated rings. The van der Waals surface area contributed by atoms with Gasteiger partial charge in [0.05, 0.1) is 5.75 Å². The van der Waals surface area contributed by atoms with Crippen molar-refractivity contribution in [3.63, 3.8) is 0 Å². The smallest absolute Gasteiger partial charge is 0.299 e. The van der Waals surface area contributed by atoms with Gasteiger partial charge in [0.25, 0.3) is 0 Å². The normalized spacial score (nSPS) is 11.6. The third kappa shape index (κ3) is 7.06. The van der Waals surface area contributed by atoms with Gasteiger partial charge in [-0.25, -0.2) is 0 Å². The Morgan fingerprint density at radius 3 is 2.67 bits per heavy atom. The number of carbonyl (C=O) groups excluding carboxylic acids is 1. The molecule has 1 rings (SSSR count). The minimum Gasteiger partial charge on any atom is -0.299 e. The van der Waals surface area contributed by atoms with Crippen molar-refractivity contribution in [2.75, 3.05) is 5.75 Å². The van der Waals surface area contributed by atoms with Gasteiger partial charge in [-0.3, -0.25) is 4.79 Å². The van der Waals surface area contributed by atoms with Crippen molar-refractivity contribution in [2.45, 2.75) is 30.3 Å². The van der Waals surface area contributed by atoms with Crippen LogP contribution >= 0.6 is 27.7 Å². The predicted molar refractivity (Wildman–Crippen MR) is 69.8 cm³/mol. The monoisotopic (exact) mass is 340 g/mol. The van der Waals surface area contributed by atoms with E-state index in [1.54, 1.807) is 0 Å². The molecule has 100 valence electrons. The van der Waals surface area contributed by atoms with Gasteiger partial charge < -0.3 is 0 Å². The molecule has 0 aliphatic heterocycles. The summed E-state index contributed by atoms with van der Waals surface area (Å²) in [5.74, 6) is 0.0677. The van der Waals surface area contributed by atoms with E-state index >= 15 is 0 Å².